The lowest BCUT2D eigenvalue weighted by Crippen LogP contribution is -2.24. The molecule has 0 aliphatic carbocycles. The van der Waals surface area contributed by atoms with Crippen molar-refractivity contribution in [3.8, 4) is 5.75 Å². The number of hydrogen-bond donors (Lipinski definition) is 2. The Hall–Kier alpha value is -2.02. The third kappa shape index (κ3) is 5.59. The zero-order chi connectivity index (χ0) is 16.7. The van der Waals surface area contributed by atoms with Crippen LogP contribution in [0.25, 0.3) is 0 Å². The number of unbranched alkanes of at least 4 members (excludes halogenated alkanes) is 2. The molecule has 1 fully saturated rings. The summed E-state index contributed by atoms with van der Waals surface area (Å²) in [6.45, 7) is 0. The molecule has 23 heavy (non-hydrogen) atoms. The van der Waals surface area contributed by atoms with E-state index in [1.807, 2.05) is 18.2 Å². The lowest BCUT2D eigenvalue weighted by atomic mass is 10.1. The van der Waals surface area contributed by atoms with Gasteiger partial charge in [-0.1, -0.05) is 30.7 Å². The van der Waals surface area contributed by atoms with Crippen LogP contribution in [0.5, 0.6) is 5.75 Å². The average Bonchev–Trinajstić information content (AvgIpc) is 2.86. The number of aliphatic carboxylic acids is 1. The Morgan fingerprint density at radius 2 is 2.22 bits per heavy atom. The first-order valence-electron chi connectivity index (χ1n) is 7.50. The first-order valence-corrected chi connectivity index (χ1v) is 8.38. The number of nitrogens with one attached hydrogen (secondary N) is 1. The number of carbonyl (C=O) groups excluding carboxylic acids is 1. The van der Waals surface area contributed by atoms with E-state index in [4.69, 9.17) is 9.84 Å². The van der Waals surface area contributed by atoms with Crippen molar-refractivity contribution in [1.82, 2.24) is 5.32 Å². The molecule has 1 unspecified atom stereocenters. The van der Waals surface area contributed by atoms with Gasteiger partial charge >= 0.3 is 5.97 Å². The SMILES string of the molecule is COc1cccc(N=C2NC(=O)C(CCCCCC(=O)O)S2)c1. The van der Waals surface area contributed by atoms with Gasteiger partial charge < -0.3 is 15.2 Å². The standard InChI is InChI=1S/C16H20N2O4S/c1-22-12-7-5-6-11(10-12)17-16-18-15(21)13(23-16)8-3-2-4-9-14(19)20/h5-7,10,13H,2-4,8-9H2,1H3,(H,19,20)(H,17,18,21). The van der Waals surface area contributed by atoms with E-state index in [0.717, 1.165) is 30.7 Å². The summed E-state index contributed by atoms with van der Waals surface area (Å²) in [6.07, 6.45) is 3.22. The number of carboxylic acid groups (broad SMARTS) is 1. The van der Waals surface area contributed by atoms with Crippen molar-refractivity contribution in [2.75, 3.05) is 7.11 Å². The molecule has 1 aliphatic heterocycles. The molecule has 124 valence electrons. The zero-order valence-electron chi connectivity index (χ0n) is 12.9. The minimum atomic E-state index is -0.773. The molecule has 0 saturated carbocycles. The van der Waals surface area contributed by atoms with E-state index in [-0.39, 0.29) is 17.6 Å². The number of benzene rings is 1. The maximum Gasteiger partial charge on any atom is 0.303 e. The normalized spacial score (nSPS) is 18.9. The molecule has 0 spiro atoms. The summed E-state index contributed by atoms with van der Waals surface area (Å²) in [4.78, 5) is 26.8. The topological polar surface area (TPSA) is 88.0 Å². The molecule has 1 atom stereocenters. The molecule has 0 aromatic heterocycles. The van der Waals surface area contributed by atoms with Crippen molar-refractivity contribution in [2.24, 2.45) is 4.99 Å². The van der Waals surface area contributed by atoms with E-state index in [1.165, 1.54) is 11.8 Å². The molecule has 1 heterocycles. The fourth-order valence-corrected chi connectivity index (χ4v) is 3.27. The first kappa shape index (κ1) is 17.3. The van der Waals surface area contributed by atoms with E-state index >= 15 is 0 Å². The van der Waals surface area contributed by atoms with Crippen LogP contribution >= 0.6 is 11.8 Å². The van der Waals surface area contributed by atoms with Gasteiger partial charge in [-0.2, -0.15) is 0 Å². The Morgan fingerprint density at radius 1 is 1.39 bits per heavy atom. The highest BCUT2D eigenvalue weighted by molar-refractivity contribution is 8.15. The minimum Gasteiger partial charge on any atom is -0.497 e. The lowest BCUT2D eigenvalue weighted by Gasteiger charge is -2.04. The third-order valence-corrected chi connectivity index (χ3v) is 4.57. The van der Waals surface area contributed by atoms with E-state index < -0.39 is 5.97 Å². The highest BCUT2D eigenvalue weighted by Crippen LogP contribution is 2.27. The number of thioether (sulfide) groups is 1. The summed E-state index contributed by atoms with van der Waals surface area (Å²) in [5.74, 6) is -0.0864. The molecule has 7 heteroatoms. The van der Waals surface area contributed by atoms with Gasteiger partial charge in [-0.15, -0.1) is 0 Å². The van der Waals surface area contributed by atoms with Crippen LogP contribution in [0.15, 0.2) is 29.3 Å². The second-order valence-electron chi connectivity index (χ2n) is 5.21. The number of hydrogen-bond acceptors (Lipinski definition) is 5. The summed E-state index contributed by atoms with van der Waals surface area (Å²) in [7, 11) is 1.60. The number of rotatable bonds is 8. The van der Waals surface area contributed by atoms with Crippen LogP contribution in [-0.4, -0.2) is 34.5 Å². The van der Waals surface area contributed by atoms with Crippen LogP contribution in [0, 0.1) is 0 Å². The molecule has 1 amide bonds. The summed E-state index contributed by atoms with van der Waals surface area (Å²) in [6, 6.07) is 7.34. The maximum absolute atomic E-state index is 11.9. The van der Waals surface area contributed by atoms with E-state index in [1.54, 1.807) is 13.2 Å². The van der Waals surface area contributed by atoms with Gasteiger partial charge in [0.2, 0.25) is 5.91 Å². The Morgan fingerprint density at radius 3 is 2.96 bits per heavy atom. The van der Waals surface area contributed by atoms with Crippen LogP contribution < -0.4 is 10.1 Å². The Balaban J connectivity index is 1.84. The summed E-state index contributed by atoms with van der Waals surface area (Å²) >= 11 is 1.42. The van der Waals surface area contributed by atoms with Crippen LogP contribution in [-0.2, 0) is 9.59 Å². The van der Waals surface area contributed by atoms with Gasteiger partial charge in [-0.25, -0.2) is 4.99 Å². The molecule has 2 N–H and O–H groups in total. The van der Waals surface area contributed by atoms with E-state index in [2.05, 4.69) is 10.3 Å². The fraction of sp³-hybridized carbons (Fsp3) is 0.438. The lowest BCUT2D eigenvalue weighted by molar-refractivity contribution is -0.137. The number of carboxylic acids is 1. The second kappa shape index (κ2) is 8.57. The van der Waals surface area contributed by atoms with Crippen molar-refractivity contribution < 1.29 is 19.4 Å². The second-order valence-corrected chi connectivity index (χ2v) is 6.40. The number of amidine groups is 1. The molecule has 1 aliphatic rings. The number of carbonyl (C=O) groups is 2. The van der Waals surface area contributed by atoms with Crippen molar-refractivity contribution >= 4 is 34.5 Å². The molecule has 1 aromatic rings. The maximum atomic E-state index is 11.9. The van der Waals surface area contributed by atoms with Crippen molar-refractivity contribution in [3.05, 3.63) is 24.3 Å². The van der Waals surface area contributed by atoms with Crippen LogP contribution in [0.2, 0.25) is 0 Å². The van der Waals surface area contributed by atoms with Crippen LogP contribution in [0.3, 0.4) is 0 Å². The average molecular weight is 336 g/mol. The third-order valence-electron chi connectivity index (χ3n) is 3.42. The van der Waals surface area contributed by atoms with Gasteiger partial charge in [0.25, 0.3) is 0 Å². The van der Waals surface area contributed by atoms with Gasteiger partial charge in [-0.3, -0.25) is 9.59 Å². The number of nitrogens with zero attached hydrogens (tertiary/aromatic N) is 1. The van der Waals surface area contributed by atoms with Crippen molar-refractivity contribution in [1.29, 1.82) is 0 Å². The fourth-order valence-electron chi connectivity index (χ4n) is 2.23. The van der Waals surface area contributed by atoms with Crippen molar-refractivity contribution in [2.45, 2.75) is 37.4 Å². The summed E-state index contributed by atoms with van der Waals surface area (Å²) in [5.41, 5.74) is 0.731. The first-order chi connectivity index (χ1) is 11.1. The van der Waals surface area contributed by atoms with E-state index in [0.29, 0.717) is 11.6 Å². The van der Waals surface area contributed by atoms with E-state index in [9.17, 15) is 9.59 Å². The Kier molecular flexibility index (Phi) is 6.46. The quantitative estimate of drug-likeness (QED) is 0.713. The number of amides is 1. The minimum absolute atomic E-state index is 0.0325. The Labute approximate surface area is 139 Å². The highest BCUT2D eigenvalue weighted by atomic mass is 32.2. The molecule has 2 rings (SSSR count). The summed E-state index contributed by atoms with van der Waals surface area (Å²) < 4.78 is 5.15. The van der Waals surface area contributed by atoms with Gasteiger partial charge in [-0.05, 0) is 25.0 Å². The highest BCUT2D eigenvalue weighted by Gasteiger charge is 2.29. The predicted octanol–water partition coefficient (Wildman–Crippen LogP) is 2.95. The monoisotopic (exact) mass is 336 g/mol. The van der Waals surface area contributed by atoms with Crippen LogP contribution in [0.4, 0.5) is 5.69 Å². The Bertz CT molecular complexity index is 603. The molecule has 0 radical (unpaired) electrons. The van der Waals surface area contributed by atoms with Gasteiger partial charge in [0.15, 0.2) is 5.17 Å². The van der Waals surface area contributed by atoms with Gasteiger partial charge in [0, 0.05) is 12.5 Å². The number of methoxy groups -OCH3 is 1. The molecule has 0 bridgehead atoms. The van der Waals surface area contributed by atoms with Gasteiger partial charge in [0.1, 0.15) is 5.75 Å². The molecule has 6 nitrogen and oxygen atoms in total. The molecular formula is C16H20N2O4S. The number of ether oxygens (including phenoxy) is 1. The smallest absolute Gasteiger partial charge is 0.303 e. The van der Waals surface area contributed by atoms with Gasteiger partial charge in [0.05, 0.1) is 18.0 Å². The molecule has 1 saturated heterocycles. The van der Waals surface area contributed by atoms with Crippen molar-refractivity contribution in [3.63, 3.8) is 0 Å². The predicted molar refractivity (Wildman–Crippen MR) is 90.3 cm³/mol. The number of aliphatic imine (C=N–C) groups is 1. The largest absolute Gasteiger partial charge is 0.497 e. The molecule has 1 aromatic carbocycles. The van der Waals surface area contributed by atoms with Crippen LogP contribution in [0.1, 0.15) is 32.1 Å². The molecular weight excluding hydrogens is 316 g/mol. The zero-order valence-corrected chi connectivity index (χ0v) is 13.8. The summed E-state index contributed by atoms with van der Waals surface area (Å²) in [5, 5.41) is 11.8.